The molecule has 0 fully saturated rings. The Morgan fingerprint density at radius 3 is 2.60 bits per heavy atom. The molecule has 0 aliphatic rings. The number of pyridine rings is 1. The van der Waals surface area contributed by atoms with Crippen molar-refractivity contribution in [2.45, 2.75) is 13.5 Å². The number of hydrogen-bond donors (Lipinski definition) is 1. The summed E-state index contributed by atoms with van der Waals surface area (Å²) in [6.07, 6.45) is 6.62. The number of carboxylic acids is 1. The van der Waals surface area contributed by atoms with E-state index in [1.54, 1.807) is 24.7 Å². The standard InChI is InChI=1S/C16H16N2O2/c1-4-13-14(16(19)20)10-18(15(13)11(2)3)9-12-5-7-17-8-6-12/h4-8,10H,1-2,9H2,3H3,(H,19,20). The van der Waals surface area contributed by atoms with E-state index in [0.29, 0.717) is 12.1 Å². The monoisotopic (exact) mass is 268 g/mol. The fourth-order valence-corrected chi connectivity index (χ4v) is 2.23. The van der Waals surface area contributed by atoms with Crippen LogP contribution < -0.4 is 0 Å². The minimum absolute atomic E-state index is 0.243. The van der Waals surface area contributed by atoms with Crippen LogP contribution in [0.1, 0.15) is 34.1 Å². The second-order valence-corrected chi connectivity index (χ2v) is 4.58. The molecule has 2 aromatic rings. The molecule has 0 aromatic carbocycles. The van der Waals surface area contributed by atoms with Crippen LogP contribution in [0.4, 0.5) is 0 Å². The SMILES string of the molecule is C=Cc1c(C(=O)O)cn(Cc2ccncc2)c1C(=C)C. The van der Waals surface area contributed by atoms with Crippen molar-refractivity contribution in [3.8, 4) is 0 Å². The Bertz CT molecular complexity index is 669. The van der Waals surface area contributed by atoms with Crippen LogP contribution in [0.5, 0.6) is 0 Å². The fourth-order valence-electron chi connectivity index (χ4n) is 2.23. The zero-order chi connectivity index (χ0) is 14.7. The van der Waals surface area contributed by atoms with Crippen molar-refractivity contribution < 1.29 is 9.90 Å². The van der Waals surface area contributed by atoms with Crippen LogP contribution in [-0.2, 0) is 6.54 Å². The highest BCUT2D eigenvalue weighted by Gasteiger charge is 2.18. The van der Waals surface area contributed by atoms with Crippen LogP contribution in [0.2, 0.25) is 0 Å². The first kappa shape index (κ1) is 13.8. The van der Waals surface area contributed by atoms with Gasteiger partial charge in [-0.15, -0.1) is 0 Å². The lowest BCUT2D eigenvalue weighted by atomic mass is 10.1. The van der Waals surface area contributed by atoms with Gasteiger partial charge in [-0.2, -0.15) is 0 Å². The average molecular weight is 268 g/mol. The predicted octanol–water partition coefficient (Wildman–Crippen LogP) is 3.31. The molecule has 0 bridgehead atoms. The Balaban J connectivity index is 2.55. The lowest BCUT2D eigenvalue weighted by molar-refractivity contribution is 0.0696. The molecule has 0 unspecified atom stereocenters. The van der Waals surface area contributed by atoms with E-state index in [2.05, 4.69) is 18.1 Å². The molecule has 0 saturated carbocycles. The second-order valence-electron chi connectivity index (χ2n) is 4.58. The summed E-state index contributed by atoms with van der Waals surface area (Å²) in [5.74, 6) is -0.962. The Labute approximate surface area is 117 Å². The lowest BCUT2D eigenvalue weighted by Gasteiger charge is -2.10. The summed E-state index contributed by atoms with van der Waals surface area (Å²) in [7, 11) is 0. The Hall–Kier alpha value is -2.62. The molecule has 20 heavy (non-hydrogen) atoms. The van der Waals surface area contributed by atoms with Gasteiger partial charge in [-0.1, -0.05) is 19.2 Å². The smallest absolute Gasteiger partial charge is 0.337 e. The van der Waals surface area contributed by atoms with Crippen molar-refractivity contribution in [2.75, 3.05) is 0 Å². The maximum Gasteiger partial charge on any atom is 0.337 e. The lowest BCUT2D eigenvalue weighted by Crippen LogP contribution is -2.02. The predicted molar refractivity (Wildman–Crippen MR) is 79.5 cm³/mol. The van der Waals surface area contributed by atoms with Crippen LogP contribution in [0.15, 0.2) is 43.9 Å². The molecule has 4 nitrogen and oxygen atoms in total. The molecule has 0 aliphatic heterocycles. The molecule has 0 amide bonds. The van der Waals surface area contributed by atoms with Gasteiger partial charge in [-0.25, -0.2) is 4.79 Å². The van der Waals surface area contributed by atoms with E-state index in [4.69, 9.17) is 0 Å². The molecule has 2 heterocycles. The van der Waals surface area contributed by atoms with Crippen molar-refractivity contribution in [3.63, 3.8) is 0 Å². The first-order valence-corrected chi connectivity index (χ1v) is 6.18. The van der Waals surface area contributed by atoms with Gasteiger partial charge in [0.2, 0.25) is 0 Å². The quantitative estimate of drug-likeness (QED) is 0.905. The van der Waals surface area contributed by atoms with E-state index in [1.807, 2.05) is 23.6 Å². The number of rotatable bonds is 5. The van der Waals surface area contributed by atoms with Crippen molar-refractivity contribution >= 4 is 17.6 Å². The summed E-state index contributed by atoms with van der Waals surface area (Å²) in [6.45, 7) is 10.1. The van der Waals surface area contributed by atoms with Gasteiger partial charge < -0.3 is 9.67 Å². The highest BCUT2D eigenvalue weighted by molar-refractivity contribution is 5.94. The minimum atomic E-state index is -0.962. The van der Waals surface area contributed by atoms with Crippen LogP contribution in [-0.4, -0.2) is 20.6 Å². The molecule has 2 rings (SSSR count). The highest BCUT2D eigenvalue weighted by atomic mass is 16.4. The Kier molecular flexibility index (Phi) is 3.84. The number of carboxylic acid groups (broad SMARTS) is 1. The molecular formula is C16H16N2O2. The highest BCUT2D eigenvalue weighted by Crippen LogP contribution is 2.26. The average Bonchev–Trinajstić information content (AvgIpc) is 2.78. The zero-order valence-electron chi connectivity index (χ0n) is 11.3. The maximum atomic E-state index is 11.3. The third-order valence-corrected chi connectivity index (χ3v) is 3.06. The van der Waals surface area contributed by atoms with Crippen LogP contribution in [0, 0.1) is 0 Å². The minimum Gasteiger partial charge on any atom is -0.478 e. The topological polar surface area (TPSA) is 55.1 Å². The van der Waals surface area contributed by atoms with Crippen molar-refractivity contribution in [2.24, 2.45) is 0 Å². The van der Waals surface area contributed by atoms with Gasteiger partial charge in [0.1, 0.15) is 0 Å². The number of allylic oxidation sites excluding steroid dienone is 1. The van der Waals surface area contributed by atoms with Crippen molar-refractivity contribution in [1.82, 2.24) is 9.55 Å². The first-order valence-electron chi connectivity index (χ1n) is 6.18. The number of nitrogens with zero attached hydrogens (tertiary/aromatic N) is 2. The number of hydrogen-bond acceptors (Lipinski definition) is 2. The van der Waals surface area contributed by atoms with Gasteiger partial charge >= 0.3 is 5.97 Å². The molecule has 0 aliphatic carbocycles. The molecular weight excluding hydrogens is 252 g/mol. The molecule has 2 aromatic heterocycles. The molecule has 0 radical (unpaired) electrons. The molecule has 0 atom stereocenters. The van der Waals surface area contributed by atoms with Crippen LogP contribution >= 0.6 is 0 Å². The van der Waals surface area contributed by atoms with Crippen LogP contribution in [0.3, 0.4) is 0 Å². The van der Waals surface area contributed by atoms with Gasteiger partial charge in [0.25, 0.3) is 0 Å². The molecule has 0 spiro atoms. The van der Waals surface area contributed by atoms with Gasteiger partial charge in [0.05, 0.1) is 11.3 Å². The van der Waals surface area contributed by atoms with E-state index < -0.39 is 5.97 Å². The van der Waals surface area contributed by atoms with E-state index in [0.717, 1.165) is 16.8 Å². The molecule has 0 saturated heterocycles. The van der Waals surface area contributed by atoms with Crippen LogP contribution in [0.25, 0.3) is 11.6 Å². The number of carbonyl (C=O) groups is 1. The Morgan fingerprint density at radius 1 is 1.45 bits per heavy atom. The summed E-state index contributed by atoms with van der Waals surface area (Å²) >= 11 is 0. The summed E-state index contributed by atoms with van der Waals surface area (Å²) in [5, 5.41) is 9.28. The van der Waals surface area contributed by atoms with Gasteiger partial charge in [-0.05, 0) is 30.2 Å². The number of aromatic carboxylic acids is 1. The summed E-state index contributed by atoms with van der Waals surface area (Å²) in [6, 6.07) is 3.80. The third kappa shape index (κ3) is 2.54. The maximum absolute atomic E-state index is 11.3. The molecule has 4 heteroatoms. The van der Waals surface area contributed by atoms with Gasteiger partial charge in [-0.3, -0.25) is 4.98 Å². The summed E-state index contributed by atoms with van der Waals surface area (Å²) in [4.78, 5) is 15.3. The van der Waals surface area contributed by atoms with E-state index in [-0.39, 0.29) is 5.56 Å². The van der Waals surface area contributed by atoms with Crippen molar-refractivity contribution in [1.29, 1.82) is 0 Å². The molecule has 1 N–H and O–H groups in total. The normalized spacial score (nSPS) is 10.2. The van der Waals surface area contributed by atoms with Crippen molar-refractivity contribution in [3.05, 3.63) is 66.3 Å². The fraction of sp³-hybridized carbons (Fsp3) is 0.125. The summed E-state index contributed by atoms with van der Waals surface area (Å²) in [5.41, 5.74) is 3.51. The largest absolute Gasteiger partial charge is 0.478 e. The van der Waals surface area contributed by atoms with E-state index in [1.165, 1.54) is 0 Å². The second kappa shape index (κ2) is 5.57. The van der Waals surface area contributed by atoms with Gasteiger partial charge in [0.15, 0.2) is 0 Å². The third-order valence-electron chi connectivity index (χ3n) is 3.06. The first-order chi connectivity index (χ1) is 9.54. The number of aromatic nitrogens is 2. The van der Waals surface area contributed by atoms with Gasteiger partial charge in [0, 0.05) is 30.7 Å². The molecule has 102 valence electrons. The van der Waals surface area contributed by atoms with E-state index >= 15 is 0 Å². The zero-order valence-corrected chi connectivity index (χ0v) is 11.3. The van der Waals surface area contributed by atoms with E-state index in [9.17, 15) is 9.90 Å². The Morgan fingerprint density at radius 2 is 2.10 bits per heavy atom. The summed E-state index contributed by atoms with van der Waals surface area (Å²) < 4.78 is 1.89.